The van der Waals surface area contributed by atoms with Crippen molar-refractivity contribution in [1.82, 2.24) is 0 Å². The first-order chi connectivity index (χ1) is 4.72. The van der Waals surface area contributed by atoms with Crippen LogP contribution in [0.4, 0.5) is 0 Å². The Morgan fingerprint density at radius 2 is 2.10 bits per heavy atom. The molecular weight excluding hydrogens is 148 g/mol. The zero-order valence-electron chi connectivity index (χ0n) is 7.06. The highest BCUT2D eigenvalue weighted by molar-refractivity contribution is 6.20. The maximum atomic E-state index is 6.03. The van der Waals surface area contributed by atoms with E-state index in [1.54, 1.807) is 7.11 Å². The van der Waals surface area contributed by atoms with Gasteiger partial charge >= 0.3 is 0 Å². The number of alkyl halides is 1. The number of ether oxygens (including phenoxy) is 1. The summed E-state index contributed by atoms with van der Waals surface area (Å²) in [4.78, 5) is 0. The summed E-state index contributed by atoms with van der Waals surface area (Å²) in [5, 5.41) is 0.282. The van der Waals surface area contributed by atoms with Gasteiger partial charge in [-0.2, -0.15) is 0 Å². The van der Waals surface area contributed by atoms with Crippen molar-refractivity contribution in [2.75, 3.05) is 13.7 Å². The summed E-state index contributed by atoms with van der Waals surface area (Å²) in [7, 11) is 1.71. The van der Waals surface area contributed by atoms with E-state index in [0.717, 1.165) is 19.4 Å². The third kappa shape index (κ3) is 4.13. The van der Waals surface area contributed by atoms with Gasteiger partial charge in [0.1, 0.15) is 0 Å². The van der Waals surface area contributed by atoms with E-state index in [4.69, 9.17) is 16.3 Å². The lowest BCUT2D eigenvalue weighted by molar-refractivity contribution is 0.188. The Morgan fingerprint density at radius 3 is 2.50 bits per heavy atom. The molecular formula is C8H17ClO. The van der Waals surface area contributed by atoms with E-state index in [1.807, 2.05) is 0 Å². The smallest absolute Gasteiger partial charge is 0.0476 e. The Balaban J connectivity index is 3.31. The second-order valence-electron chi connectivity index (χ2n) is 2.68. The van der Waals surface area contributed by atoms with Crippen LogP contribution in [0.25, 0.3) is 0 Å². The number of rotatable bonds is 5. The van der Waals surface area contributed by atoms with Crippen molar-refractivity contribution in [3.63, 3.8) is 0 Å². The Labute approximate surface area is 68.7 Å². The Bertz CT molecular complexity index is 75.7. The van der Waals surface area contributed by atoms with Gasteiger partial charge < -0.3 is 4.74 Å². The summed E-state index contributed by atoms with van der Waals surface area (Å²) in [5.41, 5.74) is 0. The number of hydrogen-bond donors (Lipinski definition) is 0. The third-order valence-electron chi connectivity index (χ3n) is 1.86. The van der Waals surface area contributed by atoms with Gasteiger partial charge in [0.25, 0.3) is 0 Å². The maximum Gasteiger partial charge on any atom is 0.0476 e. The average Bonchev–Trinajstić information content (AvgIpc) is 1.98. The molecule has 2 heteroatoms. The van der Waals surface area contributed by atoms with Crippen molar-refractivity contribution in [3.8, 4) is 0 Å². The van der Waals surface area contributed by atoms with E-state index in [-0.39, 0.29) is 5.38 Å². The Hall–Kier alpha value is 0.250. The lowest BCUT2D eigenvalue weighted by Crippen LogP contribution is -2.12. The van der Waals surface area contributed by atoms with E-state index in [2.05, 4.69) is 13.8 Å². The van der Waals surface area contributed by atoms with Gasteiger partial charge in [-0.15, -0.1) is 11.6 Å². The van der Waals surface area contributed by atoms with Crippen molar-refractivity contribution < 1.29 is 4.74 Å². The molecule has 2 atom stereocenters. The molecule has 62 valence electrons. The van der Waals surface area contributed by atoms with E-state index in [9.17, 15) is 0 Å². The molecule has 2 unspecified atom stereocenters. The highest BCUT2D eigenvalue weighted by Crippen LogP contribution is 2.16. The summed E-state index contributed by atoms with van der Waals surface area (Å²) in [6, 6.07) is 0. The molecule has 0 saturated carbocycles. The first-order valence-electron chi connectivity index (χ1n) is 3.85. The van der Waals surface area contributed by atoms with Crippen molar-refractivity contribution >= 4 is 11.6 Å². The SMILES string of the molecule is CCC(C)C(Cl)CCOC. The zero-order valence-corrected chi connectivity index (χ0v) is 7.82. The predicted octanol–water partition coefficient (Wildman–Crippen LogP) is 2.68. The van der Waals surface area contributed by atoms with Gasteiger partial charge in [0, 0.05) is 19.1 Å². The highest BCUT2D eigenvalue weighted by atomic mass is 35.5. The molecule has 0 aromatic heterocycles. The molecule has 0 aliphatic rings. The minimum atomic E-state index is 0.282. The lowest BCUT2D eigenvalue weighted by Gasteiger charge is -2.14. The minimum Gasteiger partial charge on any atom is -0.385 e. The van der Waals surface area contributed by atoms with E-state index >= 15 is 0 Å². The zero-order chi connectivity index (χ0) is 7.98. The van der Waals surface area contributed by atoms with Gasteiger partial charge in [-0.05, 0) is 12.3 Å². The summed E-state index contributed by atoms with van der Waals surface area (Å²) in [6.07, 6.45) is 2.12. The highest BCUT2D eigenvalue weighted by Gasteiger charge is 2.10. The predicted molar refractivity (Wildman–Crippen MR) is 45.6 cm³/mol. The van der Waals surface area contributed by atoms with Crippen molar-refractivity contribution in [3.05, 3.63) is 0 Å². The van der Waals surface area contributed by atoms with Crippen LogP contribution in [-0.2, 0) is 4.74 Å². The Kier molecular flexibility index (Phi) is 6.14. The van der Waals surface area contributed by atoms with Crippen molar-refractivity contribution in [1.29, 1.82) is 0 Å². The van der Waals surface area contributed by atoms with Crippen LogP contribution in [0, 0.1) is 5.92 Å². The van der Waals surface area contributed by atoms with Crippen molar-refractivity contribution in [2.45, 2.75) is 32.1 Å². The summed E-state index contributed by atoms with van der Waals surface area (Å²) in [5.74, 6) is 0.608. The molecule has 0 spiro atoms. The summed E-state index contributed by atoms with van der Waals surface area (Å²) < 4.78 is 4.92. The molecule has 0 N–H and O–H groups in total. The normalized spacial score (nSPS) is 16.8. The third-order valence-corrected chi connectivity index (χ3v) is 2.51. The number of hydrogen-bond acceptors (Lipinski definition) is 1. The number of methoxy groups -OCH3 is 1. The fraction of sp³-hybridized carbons (Fsp3) is 1.00. The molecule has 0 fully saturated rings. The second-order valence-corrected chi connectivity index (χ2v) is 3.24. The fourth-order valence-electron chi connectivity index (χ4n) is 0.771. The average molecular weight is 165 g/mol. The summed E-state index contributed by atoms with van der Waals surface area (Å²) in [6.45, 7) is 5.11. The summed E-state index contributed by atoms with van der Waals surface area (Å²) >= 11 is 6.03. The van der Waals surface area contributed by atoms with Crippen LogP contribution >= 0.6 is 11.6 Å². The molecule has 0 radical (unpaired) electrons. The molecule has 0 rings (SSSR count). The maximum absolute atomic E-state index is 6.03. The van der Waals surface area contributed by atoms with Gasteiger partial charge in [-0.25, -0.2) is 0 Å². The van der Waals surface area contributed by atoms with Crippen LogP contribution in [0.2, 0.25) is 0 Å². The van der Waals surface area contributed by atoms with Crippen molar-refractivity contribution in [2.24, 2.45) is 5.92 Å². The van der Waals surface area contributed by atoms with E-state index in [1.165, 1.54) is 0 Å². The number of halogens is 1. The molecule has 0 aliphatic heterocycles. The van der Waals surface area contributed by atoms with Gasteiger partial charge in [0.05, 0.1) is 0 Å². The standard InChI is InChI=1S/C8H17ClO/c1-4-7(2)8(9)5-6-10-3/h7-8H,4-6H2,1-3H3. The quantitative estimate of drug-likeness (QED) is 0.568. The molecule has 0 saturated heterocycles. The van der Waals surface area contributed by atoms with Crippen LogP contribution in [0.1, 0.15) is 26.7 Å². The van der Waals surface area contributed by atoms with Gasteiger partial charge in [-0.1, -0.05) is 20.3 Å². The minimum absolute atomic E-state index is 0.282. The largest absolute Gasteiger partial charge is 0.385 e. The molecule has 0 aliphatic carbocycles. The topological polar surface area (TPSA) is 9.23 Å². The molecule has 10 heavy (non-hydrogen) atoms. The molecule has 0 amide bonds. The van der Waals surface area contributed by atoms with Gasteiger partial charge in [-0.3, -0.25) is 0 Å². The molecule has 0 aromatic rings. The lowest BCUT2D eigenvalue weighted by atomic mass is 10.0. The van der Waals surface area contributed by atoms with Crippen LogP contribution < -0.4 is 0 Å². The van der Waals surface area contributed by atoms with E-state index in [0.29, 0.717) is 5.92 Å². The van der Waals surface area contributed by atoms with Crippen LogP contribution in [0.5, 0.6) is 0 Å². The molecule has 0 bridgehead atoms. The fourth-order valence-corrected chi connectivity index (χ4v) is 1.04. The Morgan fingerprint density at radius 1 is 1.50 bits per heavy atom. The van der Waals surface area contributed by atoms with E-state index < -0.39 is 0 Å². The molecule has 0 heterocycles. The second kappa shape index (κ2) is 5.99. The first kappa shape index (κ1) is 10.2. The van der Waals surface area contributed by atoms with Gasteiger partial charge in [0.15, 0.2) is 0 Å². The van der Waals surface area contributed by atoms with Gasteiger partial charge in [0.2, 0.25) is 0 Å². The van der Waals surface area contributed by atoms with Crippen LogP contribution in [-0.4, -0.2) is 19.1 Å². The van der Waals surface area contributed by atoms with Crippen LogP contribution in [0.15, 0.2) is 0 Å². The molecule has 0 aromatic carbocycles. The monoisotopic (exact) mass is 164 g/mol. The first-order valence-corrected chi connectivity index (χ1v) is 4.29. The molecule has 1 nitrogen and oxygen atoms in total. The van der Waals surface area contributed by atoms with Crippen LogP contribution in [0.3, 0.4) is 0 Å².